The summed E-state index contributed by atoms with van der Waals surface area (Å²) in [4.78, 5) is 40.3. The van der Waals surface area contributed by atoms with Crippen LogP contribution in [0.25, 0.3) is 10.0 Å². The molecule has 0 saturated heterocycles. The average Bonchev–Trinajstić information content (AvgIpc) is 3.95. The molecular weight excluding hydrogens is 900 g/mol. The van der Waals surface area contributed by atoms with E-state index in [1.165, 1.54) is 9.75 Å². The monoisotopic (exact) mass is 952 g/mol. The smallest absolute Gasteiger partial charge is 0.222 e. The van der Waals surface area contributed by atoms with E-state index in [9.17, 15) is 9.59 Å². The van der Waals surface area contributed by atoms with Gasteiger partial charge in [0.2, 0.25) is 11.8 Å². The zero-order chi connectivity index (χ0) is 46.5. The molecule has 2 amide bonds. The number of benzene rings is 2. The third-order valence-electron chi connectivity index (χ3n) is 12.0. The van der Waals surface area contributed by atoms with Crippen molar-refractivity contribution >= 4 is 69.1 Å². The molecule has 6 heterocycles. The van der Waals surface area contributed by atoms with Crippen LogP contribution in [-0.2, 0) is 14.3 Å². The number of nitrogens with one attached hydrogen (secondary N) is 2. The SMILES string of the molecule is Cc1sc2c(c1C)C(c1ccc(Cl)cc1)=NC(CC(=O)NCC(C)(C)COCC(C)(C)CNC(=O)CC1N=C(c3ccc(Cl)cc3)c3c(sc(C)c3C)-n3c(C)nnc31)c1nnc(C)n1-2. The van der Waals surface area contributed by atoms with Crippen molar-refractivity contribution in [1.29, 1.82) is 0 Å². The number of ether oxygens (including phenoxy) is 1. The van der Waals surface area contributed by atoms with Crippen molar-refractivity contribution in [3.63, 3.8) is 0 Å². The van der Waals surface area contributed by atoms with Gasteiger partial charge in [0, 0.05) is 66.0 Å². The maximum Gasteiger partial charge on any atom is 0.222 e. The number of amides is 2. The lowest BCUT2D eigenvalue weighted by atomic mass is 9.92. The number of carbonyl (C=O) groups excluding carboxylic acids is 2. The van der Waals surface area contributed by atoms with Gasteiger partial charge in [0.25, 0.3) is 0 Å². The predicted octanol–water partition coefficient (Wildman–Crippen LogP) is 9.69. The normalized spacial score (nSPS) is 15.8. The highest BCUT2D eigenvalue weighted by atomic mass is 35.5. The Morgan fingerprint density at radius 3 is 1.35 bits per heavy atom. The number of fused-ring (bicyclic) bond motifs is 6. The molecule has 65 heavy (non-hydrogen) atoms. The molecule has 6 aromatic rings. The van der Waals surface area contributed by atoms with E-state index in [-0.39, 0.29) is 24.7 Å². The quantitative estimate of drug-likeness (QED) is 0.110. The molecule has 0 fully saturated rings. The van der Waals surface area contributed by atoms with Crippen LogP contribution >= 0.6 is 45.9 Å². The molecule has 2 aliphatic rings. The number of hydrogen-bond donors (Lipinski definition) is 2. The van der Waals surface area contributed by atoms with Gasteiger partial charge in [-0.3, -0.25) is 28.7 Å². The zero-order valence-electron chi connectivity index (χ0n) is 38.4. The molecule has 2 aromatic carbocycles. The second-order valence-electron chi connectivity index (χ2n) is 18.6. The number of hydrogen-bond acceptors (Lipinski definition) is 11. The number of thiophene rings is 2. The molecule has 340 valence electrons. The number of aromatic nitrogens is 6. The predicted molar refractivity (Wildman–Crippen MR) is 260 cm³/mol. The highest BCUT2D eigenvalue weighted by molar-refractivity contribution is 7.15. The van der Waals surface area contributed by atoms with E-state index >= 15 is 0 Å². The first-order valence-corrected chi connectivity index (χ1v) is 24.0. The molecule has 4 aromatic heterocycles. The fraction of sp³-hybridized carbons (Fsp3) is 0.417. The topological polar surface area (TPSA) is 154 Å². The summed E-state index contributed by atoms with van der Waals surface area (Å²) in [5, 5.41) is 27.5. The minimum Gasteiger partial charge on any atom is -0.380 e. The van der Waals surface area contributed by atoms with Crippen molar-refractivity contribution in [3.05, 3.63) is 125 Å². The van der Waals surface area contributed by atoms with Gasteiger partial charge in [-0.25, -0.2) is 0 Å². The maximum atomic E-state index is 13.7. The van der Waals surface area contributed by atoms with E-state index in [2.05, 4.69) is 86.4 Å². The Morgan fingerprint density at radius 2 is 0.985 bits per heavy atom. The molecule has 0 radical (unpaired) electrons. The number of rotatable bonds is 14. The summed E-state index contributed by atoms with van der Waals surface area (Å²) < 4.78 is 10.4. The van der Waals surface area contributed by atoms with E-state index in [0.29, 0.717) is 48.0 Å². The van der Waals surface area contributed by atoms with Crippen LogP contribution in [-0.4, -0.2) is 79.1 Å². The van der Waals surface area contributed by atoms with Crippen LogP contribution in [0.1, 0.15) is 119 Å². The van der Waals surface area contributed by atoms with Gasteiger partial charge < -0.3 is 15.4 Å². The van der Waals surface area contributed by atoms with Crippen LogP contribution in [0.3, 0.4) is 0 Å². The Labute approximate surface area is 397 Å². The van der Waals surface area contributed by atoms with Gasteiger partial charge in [0.1, 0.15) is 33.7 Å². The summed E-state index contributed by atoms with van der Waals surface area (Å²) in [6, 6.07) is 14.2. The number of aliphatic imine (C=N–C) groups is 2. The Balaban J connectivity index is 0.884. The van der Waals surface area contributed by atoms with E-state index in [1.54, 1.807) is 22.7 Å². The third kappa shape index (κ3) is 9.62. The molecule has 17 heteroatoms. The van der Waals surface area contributed by atoms with Crippen LogP contribution in [0.2, 0.25) is 10.0 Å². The number of aryl methyl sites for hydroxylation is 4. The molecule has 13 nitrogen and oxygen atoms in total. The first-order chi connectivity index (χ1) is 30.8. The van der Waals surface area contributed by atoms with Crippen molar-refractivity contribution in [2.45, 2.75) is 94.2 Å². The van der Waals surface area contributed by atoms with E-state index < -0.39 is 22.9 Å². The van der Waals surface area contributed by atoms with Gasteiger partial charge in [-0.15, -0.1) is 43.1 Å². The third-order valence-corrected chi connectivity index (χ3v) is 14.9. The first kappa shape index (κ1) is 46.5. The number of nitrogens with zero attached hydrogens (tertiary/aromatic N) is 8. The fourth-order valence-electron chi connectivity index (χ4n) is 8.14. The maximum absolute atomic E-state index is 13.7. The van der Waals surface area contributed by atoms with Gasteiger partial charge in [-0.2, -0.15) is 0 Å². The summed E-state index contributed by atoms with van der Waals surface area (Å²) in [6.07, 6.45) is 0.180. The van der Waals surface area contributed by atoms with Crippen molar-refractivity contribution in [3.8, 4) is 10.0 Å². The molecule has 0 saturated carbocycles. The van der Waals surface area contributed by atoms with Crippen molar-refractivity contribution in [2.24, 2.45) is 20.8 Å². The summed E-state index contributed by atoms with van der Waals surface area (Å²) in [6.45, 7) is 22.0. The number of halogens is 2. The van der Waals surface area contributed by atoms with Gasteiger partial charge in [-0.1, -0.05) is 75.2 Å². The minimum atomic E-state index is -0.568. The molecule has 2 unspecified atom stereocenters. The number of carbonyl (C=O) groups is 2. The molecule has 0 spiro atoms. The molecule has 2 atom stereocenters. The summed E-state index contributed by atoms with van der Waals surface area (Å²) in [5.74, 6) is 2.44. The molecular formula is C48H54Cl2N10O3S2. The molecule has 0 aliphatic carbocycles. The lowest BCUT2D eigenvalue weighted by Crippen LogP contribution is -2.40. The molecule has 2 N–H and O–H groups in total. The second kappa shape index (κ2) is 18.3. The zero-order valence-corrected chi connectivity index (χ0v) is 41.5. The van der Waals surface area contributed by atoms with Gasteiger partial charge in [-0.05, 0) is 76.9 Å². The van der Waals surface area contributed by atoms with Crippen LogP contribution in [0.5, 0.6) is 0 Å². The molecule has 8 rings (SSSR count). The second-order valence-corrected chi connectivity index (χ2v) is 21.9. The fourth-order valence-corrected chi connectivity index (χ4v) is 10.8. The van der Waals surface area contributed by atoms with Crippen molar-refractivity contribution < 1.29 is 14.3 Å². The van der Waals surface area contributed by atoms with Crippen molar-refractivity contribution in [1.82, 2.24) is 40.2 Å². The van der Waals surface area contributed by atoms with E-state index in [0.717, 1.165) is 66.5 Å². The van der Waals surface area contributed by atoms with Crippen LogP contribution in [0.15, 0.2) is 58.5 Å². The van der Waals surface area contributed by atoms with Gasteiger partial charge in [0.05, 0.1) is 37.5 Å². The molecule has 2 aliphatic heterocycles. The van der Waals surface area contributed by atoms with Gasteiger partial charge >= 0.3 is 0 Å². The standard InChI is InChI=1S/C48H54Cl2N10O3S2/c1-25-27(3)64-45-39(25)41(31-11-15-33(49)16-12-31)53-35(43-57-55-29(5)59(43)45)19-37(61)51-21-47(7,8)23-63-24-48(9,10)22-52-38(62)20-36-44-58-56-30(6)60(44)46-40(26(2)28(4)65-46)42(54-36)32-13-17-34(50)18-14-32/h11-18,35-36H,19-24H2,1-10H3,(H,51,61)(H,52,62). The van der Waals surface area contributed by atoms with Crippen LogP contribution in [0, 0.1) is 52.4 Å². The molecule has 0 bridgehead atoms. The lowest BCUT2D eigenvalue weighted by molar-refractivity contribution is -0.122. The van der Waals surface area contributed by atoms with E-state index in [1.807, 2.05) is 71.5 Å². The summed E-state index contributed by atoms with van der Waals surface area (Å²) in [5.41, 5.74) is 6.95. The van der Waals surface area contributed by atoms with E-state index in [4.69, 9.17) is 37.9 Å². The van der Waals surface area contributed by atoms with Crippen LogP contribution < -0.4 is 10.6 Å². The summed E-state index contributed by atoms with van der Waals surface area (Å²) >= 11 is 15.9. The Kier molecular flexibility index (Phi) is 13.1. The van der Waals surface area contributed by atoms with Crippen molar-refractivity contribution in [2.75, 3.05) is 26.3 Å². The lowest BCUT2D eigenvalue weighted by Gasteiger charge is -2.29. The minimum absolute atomic E-state index is 0.0899. The Morgan fingerprint density at radius 1 is 0.615 bits per heavy atom. The average molecular weight is 954 g/mol. The highest BCUT2D eigenvalue weighted by Gasteiger charge is 2.35. The Hall–Kier alpha value is -5.06. The summed E-state index contributed by atoms with van der Waals surface area (Å²) in [7, 11) is 0. The first-order valence-electron chi connectivity index (χ1n) is 21.6. The van der Waals surface area contributed by atoms with Gasteiger partial charge in [0.15, 0.2) is 11.6 Å². The van der Waals surface area contributed by atoms with Crippen LogP contribution in [0.4, 0.5) is 0 Å². The highest BCUT2D eigenvalue weighted by Crippen LogP contribution is 2.41. The largest absolute Gasteiger partial charge is 0.380 e. The Bertz CT molecular complexity index is 2660.